The molecule has 1 fully saturated rings. The van der Waals surface area contributed by atoms with E-state index in [1.54, 1.807) is 0 Å². The number of halogens is 1. The molecule has 0 bridgehead atoms. The lowest BCUT2D eigenvalue weighted by Gasteiger charge is -2.17. The zero-order chi connectivity index (χ0) is 12.4. The van der Waals surface area contributed by atoms with E-state index in [0.29, 0.717) is 11.4 Å². The number of aliphatic hydroxyl groups is 1. The number of rotatable bonds is 3. The Kier molecular flexibility index (Phi) is 4.53. The lowest BCUT2D eigenvalue weighted by Crippen LogP contribution is -2.13. The molecule has 1 saturated heterocycles. The van der Waals surface area contributed by atoms with Gasteiger partial charge in [0.05, 0.1) is 12.2 Å². The maximum Gasteiger partial charge on any atom is 0.0772 e. The lowest BCUT2D eigenvalue weighted by molar-refractivity contribution is 0.127. The highest BCUT2D eigenvalue weighted by atomic mass is 79.9. The van der Waals surface area contributed by atoms with Gasteiger partial charge in [0, 0.05) is 21.2 Å². The Labute approximate surface area is 115 Å². The minimum atomic E-state index is -0.428. The second-order valence-electron chi connectivity index (χ2n) is 4.38. The van der Waals surface area contributed by atoms with Gasteiger partial charge in [-0.1, -0.05) is 22.0 Å². The normalized spacial score (nSPS) is 26.1. The summed E-state index contributed by atoms with van der Waals surface area (Å²) >= 11 is 5.30. The molecule has 0 spiro atoms. The van der Waals surface area contributed by atoms with Gasteiger partial charge in [0.2, 0.25) is 0 Å². The minimum Gasteiger partial charge on any atom is -0.389 e. The molecule has 17 heavy (non-hydrogen) atoms. The van der Waals surface area contributed by atoms with Crippen molar-refractivity contribution in [2.24, 2.45) is 0 Å². The van der Waals surface area contributed by atoms with Gasteiger partial charge in [-0.2, -0.15) is 0 Å². The van der Waals surface area contributed by atoms with Crippen LogP contribution in [-0.2, 0) is 4.74 Å². The van der Waals surface area contributed by atoms with Crippen molar-refractivity contribution >= 4 is 27.7 Å². The Hall–Kier alpha value is -0.0300. The third-order valence-electron chi connectivity index (χ3n) is 3.01. The van der Waals surface area contributed by atoms with Crippen LogP contribution in [0, 0.1) is 0 Å². The molecule has 0 aliphatic carbocycles. The van der Waals surface area contributed by atoms with E-state index in [1.807, 2.05) is 30.8 Å². The molecule has 0 radical (unpaired) electrons. The number of aliphatic hydroxyl groups excluding tert-OH is 1. The molecule has 1 aliphatic heterocycles. The quantitative estimate of drug-likeness (QED) is 0.920. The molecular weight excluding hydrogens is 300 g/mol. The maximum atomic E-state index is 9.78. The average Bonchev–Trinajstić information content (AvgIpc) is 2.64. The van der Waals surface area contributed by atoms with Crippen molar-refractivity contribution in [2.75, 3.05) is 6.61 Å². The number of hydrogen-bond donors (Lipinski definition) is 1. The topological polar surface area (TPSA) is 29.5 Å². The van der Waals surface area contributed by atoms with E-state index < -0.39 is 6.10 Å². The number of ether oxygens (including phenoxy) is 1. The summed E-state index contributed by atoms with van der Waals surface area (Å²) < 4.78 is 6.62. The molecule has 1 heterocycles. The van der Waals surface area contributed by atoms with Crippen LogP contribution in [0.2, 0.25) is 0 Å². The average molecular weight is 317 g/mol. The van der Waals surface area contributed by atoms with Gasteiger partial charge >= 0.3 is 0 Å². The molecule has 3 unspecified atom stereocenters. The summed E-state index contributed by atoms with van der Waals surface area (Å²) in [6.07, 6.45) is 0.946. The van der Waals surface area contributed by atoms with Crippen molar-refractivity contribution < 1.29 is 9.84 Å². The fourth-order valence-corrected chi connectivity index (χ4v) is 3.88. The number of benzene rings is 1. The highest BCUT2D eigenvalue weighted by molar-refractivity contribution is 9.10. The second kappa shape index (κ2) is 5.74. The molecular formula is C13H17BrO2S. The van der Waals surface area contributed by atoms with Crippen molar-refractivity contribution in [3.05, 3.63) is 28.2 Å². The van der Waals surface area contributed by atoms with Gasteiger partial charge in [0.15, 0.2) is 0 Å². The first-order chi connectivity index (χ1) is 8.08. The van der Waals surface area contributed by atoms with Crippen LogP contribution < -0.4 is 0 Å². The van der Waals surface area contributed by atoms with E-state index in [-0.39, 0.29) is 0 Å². The summed E-state index contributed by atoms with van der Waals surface area (Å²) in [5.41, 5.74) is 0.998. The van der Waals surface area contributed by atoms with Gasteiger partial charge in [-0.3, -0.25) is 0 Å². The van der Waals surface area contributed by atoms with Crippen molar-refractivity contribution in [3.63, 3.8) is 0 Å². The summed E-state index contributed by atoms with van der Waals surface area (Å²) in [7, 11) is 0. The molecule has 0 amide bonds. The van der Waals surface area contributed by atoms with Gasteiger partial charge in [0.25, 0.3) is 0 Å². The van der Waals surface area contributed by atoms with Crippen molar-refractivity contribution in [1.82, 2.24) is 0 Å². The molecule has 2 rings (SSSR count). The van der Waals surface area contributed by atoms with Gasteiger partial charge in [0.1, 0.15) is 0 Å². The van der Waals surface area contributed by atoms with Crippen molar-refractivity contribution in [2.45, 2.75) is 42.6 Å². The molecule has 1 aliphatic rings. The van der Waals surface area contributed by atoms with E-state index in [4.69, 9.17) is 4.74 Å². The van der Waals surface area contributed by atoms with Gasteiger partial charge in [-0.05, 0) is 38.0 Å². The van der Waals surface area contributed by atoms with E-state index in [9.17, 15) is 5.11 Å². The smallest absolute Gasteiger partial charge is 0.0772 e. The van der Waals surface area contributed by atoms with Crippen LogP contribution in [0.3, 0.4) is 0 Å². The number of thioether (sulfide) groups is 1. The standard InChI is InChI=1S/C13H17BrO2S/c1-8(15)11-4-3-10(14)7-13(11)17-12-5-6-16-9(12)2/h3-4,7-9,12,15H,5-6H2,1-2H3. The van der Waals surface area contributed by atoms with Crippen LogP contribution in [-0.4, -0.2) is 23.1 Å². The fraction of sp³-hybridized carbons (Fsp3) is 0.538. The highest BCUT2D eigenvalue weighted by Crippen LogP contribution is 2.37. The fourth-order valence-electron chi connectivity index (χ4n) is 1.99. The second-order valence-corrected chi connectivity index (χ2v) is 6.58. The number of hydrogen-bond acceptors (Lipinski definition) is 3. The maximum absolute atomic E-state index is 9.78. The largest absolute Gasteiger partial charge is 0.389 e. The van der Waals surface area contributed by atoms with E-state index in [1.165, 1.54) is 0 Å². The molecule has 3 atom stereocenters. The first kappa shape index (κ1) is 13.4. The highest BCUT2D eigenvalue weighted by Gasteiger charge is 2.26. The van der Waals surface area contributed by atoms with Crippen LogP contribution >= 0.6 is 27.7 Å². The summed E-state index contributed by atoms with van der Waals surface area (Å²) in [6, 6.07) is 6.04. The lowest BCUT2D eigenvalue weighted by atomic mass is 10.1. The molecule has 94 valence electrons. The van der Waals surface area contributed by atoms with Gasteiger partial charge in [-0.15, -0.1) is 11.8 Å². The first-order valence-electron chi connectivity index (χ1n) is 5.83. The summed E-state index contributed by atoms with van der Waals surface area (Å²) in [5.74, 6) is 0. The summed E-state index contributed by atoms with van der Waals surface area (Å²) in [6.45, 7) is 4.77. The van der Waals surface area contributed by atoms with E-state index >= 15 is 0 Å². The molecule has 1 aromatic carbocycles. The first-order valence-corrected chi connectivity index (χ1v) is 7.51. The Morgan fingerprint density at radius 3 is 2.88 bits per heavy atom. The monoisotopic (exact) mass is 316 g/mol. The van der Waals surface area contributed by atoms with E-state index in [2.05, 4.69) is 28.9 Å². The van der Waals surface area contributed by atoms with Crippen LogP contribution in [0.5, 0.6) is 0 Å². The Morgan fingerprint density at radius 1 is 1.53 bits per heavy atom. The molecule has 2 nitrogen and oxygen atoms in total. The third-order valence-corrected chi connectivity index (χ3v) is 5.03. The Bertz CT molecular complexity index is 395. The van der Waals surface area contributed by atoms with Crippen molar-refractivity contribution in [3.8, 4) is 0 Å². The molecule has 1 aromatic rings. The Balaban J connectivity index is 2.21. The van der Waals surface area contributed by atoms with Crippen LogP contribution in [0.4, 0.5) is 0 Å². The zero-order valence-corrected chi connectivity index (χ0v) is 12.4. The van der Waals surface area contributed by atoms with E-state index in [0.717, 1.165) is 28.0 Å². The zero-order valence-electron chi connectivity index (χ0n) is 10.0. The van der Waals surface area contributed by atoms with Gasteiger partial charge in [-0.25, -0.2) is 0 Å². The van der Waals surface area contributed by atoms with Gasteiger partial charge < -0.3 is 9.84 Å². The minimum absolute atomic E-state index is 0.292. The SMILES string of the molecule is CC(O)c1ccc(Br)cc1SC1CCOC1C. The van der Waals surface area contributed by atoms with Crippen LogP contribution in [0.1, 0.15) is 31.9 Å². The molecule has 4 heteroatoms. The molecule has 1 N–H and O–H groups in total. The van der Waals surface area contributed by atoms with Crippen LogP contribution in [0.15, 0.2) is 27.6 Å². The predicted octanol–water partition coefficient (Wildman–Crippen LogP) is 3.77. The van der Waals surface area contributed by atoms with Crippen molar-refractivity contribution in [1.29, 1.82) is 0 Å². The third kappa shape index (κ3) is 3.25. The van der Waals surface area contributed by atoms with Crippen LogP contribution in [0.25, 0.3) is 0 Å². The predicted molar refractivity (Wildman–Crippen MR) is 74.5 cm³/mol. The molecule has 0 saturated carbocycles. The molecule has 0 aromatic heterocycles. The Morgan fingerprint density at radius 2 is 2.29 bits per heavy atom. The summed E-state index contributed by atoms with van der Waals surface area (Å²) in [4.78, 5) is 1.15. The summed E-state index contributed by atoms with van der Waals surface area (Å²) in [5, 5.41) is 10.3.